The standard InChI is InChI=1S/C26H30N2O2/c1-17-11-13-28(14-12-17)26(29)19-9-10-24-23(16-19)21-7-4-8-22(21)25(27-24)18-5-3-6-20(15-18)30-2/h3-7,9-10,15-17,21-22,25,27H,8,11-14H2,1-2H3. The largest absolute Gasteiger partial charge is 0.497 e. The van der Waals surface area contributed by atoms with Crippen LogP contribution < -0.4 is 10.1 Å². The molecule has 1 amide bonds. The van der Waals surface area contributed by atoms with Gasteiger partial charge in [0.1, 0.15) is 5.75 Å². The molecule has 2 heterocycles. The van der Waals surface area contributed by atoms with Crippen molar-refractivity contribution in [1.82, 2.24) is 4.90 Å². The number of benzene rings is 2. The van der Waals surface area contributed by atoms with Gasteiger partial charge in [0.2, 0.25) is 0 Å². The Morgan fingerprint density at radius 3 is 2.77 bits per heavy atom. The number of ether oxygens (including phenoxy) is 1. The maximum atomic E-state index is 13.1. The summed E-state index contributed by atoms with van der Waals surface area (Å²) < 4.78 is 5.45. The highest BCUT2D eigenvalue weighted by molar-refractivity contribution is 5.95. The summed E-state index contributed by atoms with van der Waals surface area (Å²) in [5.74, 6) is 2.58. The Hall–Kier alpha value is -2.75. The van der Waals surface area contributed by atoms with E-state index in [0.717, 1.165) is 55.3 Å². The lowest BCUT2D eigenvalue weighted by Crippen LogP contribution is -2.38. The number of nitrogens with one attached hydrogen (secondary N) is 1. The maximum Gasteiger partial charge on any atom is 0.253 e. The van der Waals surface area contributed by atoms with Gasteiger partial charge in [0.05, 0.1) is 13.2 Å². The van der Waals surface area contributed by atoms with Crippen molar-refractivity contribution in [3.8, 4) is 5.75 Å². The van der Waals surface area contributed by atoms with Crippen LogP contribution in [-0.4, -0.2) is 31.0 Å². The molecule has 0 aromatic heterocycles. The average Bonchev–Trinajstić information content (AvgIpc) is 3.28. The fourth-order valence-electron chi connectivity index (χ4n) is 5.29. The Kier molecular flexibility index (Phi) is 5.01. The van der Waals surface area contributed by atoms with Crippen LogP contribution in [0.25, 0.3) is 0 Å². The highest BCUT2D eigenvalue weighted by atomic mass is 16.5. The number of rotatable bonds is 3. The van der Waals surface area contributed by atoms with Gasteiger partial charge in [-0.3, -0.25) is 4.79 Å². The van der Waals surface area contributed by atoms with Crippen LogP contribution >= 0.6 is 0 Å². The van der Waals surface area contributed by atoms with Crippen LogP contribution in [0.5, 0.6) is 5.75 Å². The third kappa shape index (κ3) is 3.38. The van der Waals surface area contributed by atoms with Crippen molar-refractivity contribution in [3.05, 3.63) is 71.3 Å². The predicted octanol–water partition coefficient (Wildman–Crippen LogP) is 5.39. The zero-order valence-electron chi connectivity index (χ0n) is 17.8. The molecule has 1 aliphatic carbocycles. The quantitative estimate of drug-likeness (QED) is 0.700. The molecule has 3 unspecified atom stereocenters. The molecule has 3 atom stereocenters. The number of amides is 1. The van der Waals surface area contributed by atoms with Gasteiger partial charge in [-0.15, -0.1) is 0 Å². The van der Waals surface area contributed by atoms with Crippen molar-refractivity contribution >= 4 is 11.6 Å². The van der Waals surface area contributed by atoms with E-state index >= 15 is 0 Å². The number of piperidine rings is 1. The molecule has 0 radical (unpaired) electrons. The summed E-state index contributed by atoms with van der Waals surface area (Å²) in [5.41, 5.74) is 4.47. The van der Waals surface area contributed by atoms with E-state index in [4.69, 9.17) is 4.74 Å². The molecular weight excluding hydrogens is 372 g/mol. The van der Waals surface area contributed by atoms with E-state index in [1.165, 1.54) is 11.1 Å². The Balaban J connectivity index is 1.44. The first kappa shape index (κ1) is 19.2. The number of hydrogen-bond donors (Lipinski definition) is 1. The number of likely N-dealkylation sites (tertiary alicyclic amines) is 1. The van der Waals surface area contributed by atoms with Crippen LogP contribution in [0.2, 0.25) is 0 Å². The van der Waals surface area contributed by atoms with E-state index in [1.807, 2.05) is 17.0 Å². The van der Waals surface area contributed by atoms with Crippen molar-refractivity contribution in [3.63, 3.8) is 0 Å². The molecule has 2 aromatic carbocycles. The first-order valence-electron chi connectivity index (χ1n) is 11.1. The number of allylic oxidation sites excluding steroid dienone is 2. The Morgan fingerprint density at radius 1 is 1.13 bits per heavy atom. The topological polar surface area (TPSA) is 41.6 Å². The number of methoxy groups -OCH3 is 1. The second-order valence-electron chi connectivity index (χ2n) is 9.03. The molecule has 156 valence electrons. The lowest BCUT2D eigenvalue weighted by molar-refractivity contribution is 0.0697. The third-order valence-electron chi connectivity index (χ3n) is 7.13. The molecule has 2 aromatic rings. The third-order valence-corrected chi connectivity index (χ3v) is 7.13. The molecule has 2 aliphatic heterocycles. The molecule has 0 bridgehead atoms. The molecule has 4 nitrogen and oxygen atoms in total. The van der Waals surface area contributed by atoms with Gasteiger partial charge in [0.25, 0.3) is 5.91 Å². The predicted molar refractivity (Wildman–Crippen MR) is 120 cm³/mol. The first-order valence-corrected chi connectivity index (χ1v) is 11.1. The number of hydrogen-bond acceptors (Lipinski definition) is 3. The normalized spacial score (nSPS) is 25.4. The molecule has 5 rings (SSSR count). The summed E-state index contributed by atoms with van der Waals surface area (Å²) in [6, 6.07) is 14.8. The number of fused-ring (bicyclic) bond motifs is 3. The minimum absolute atomic E-state index is 0.179. The average molecular weight is 403 g/mol. The highest BCUT2D eigenvalue weighted by Gasteiger charge is 2.38. The van der Waals surface area contributed by atoms with Gasteiger partial charge in [-0.2, -0.15) is 0 Å². The Morgan fingerprint density at radius 2 is 1.97 bits per heavy atom. The van der Waals surface area contributed by atoms with E-state index in [2.05, 4.69) is 54.7 Å². The molecule has 0 spiro atoms. The lowest BCUT2D eigenvalue weighted by atomic mass is 9.76. The van der Waals surface area contributed by atoms with Gasteiger partial charge in [-0.1, -0.05) is 31.2 Å². The van der Waals surface area contributed by atoms with Crippen molar-refractivity contribution < 1.29 is 9.53 Å². The van der Waals surface area contributed by atoms with E-state index in [1.54, 1.807) is 7.11 Å². The summed E-state index contributed by atoms with van der Waals surface area (Å²) >= 11 is 0. The zero-order chi connectivity index (χ0) is 20.7. The van der Waals surface area contributed by atoms with Gasteiger partial charge < -0.3 is 15.0 Å². The van der Waals surface area contributed by atoms with Crippen LogP contribution in [0, 0.1) is 11.8 Å². The zero-order valence-corrected chi connectivity index (χ0v) is 17.8. The molecule has 3 aliphatic rings. The lowest BCUT2D eigenvalue weighted by Gasteiger charge is -2.38. The molecule has 0 saturated carbocycles. The molecule has 1 saturated heterocycles. The van der Waals surface area contributed by atoms with Crippen molar-refractivity contribution in [2.75, 3.05) is 25.5 Å². The summed E-state index contributed by atoms with van der Waals surface area (Å²) in [5, 5.41) is 3.77. The first-order chi connectivity index (χ1) is 14.6. The van der Waals surface area contributed by atoms with Crippen LogP contribution in [0.15, 0.2) is 54.6 Å². The Labute approximate surface area is 178 Å². The fourth-order valence-corrected chi connectivity index (χ4v) is 5.29. The van der Waals surface area contributed by atoms with E-state index in [0.29, 0.717) is 11.8 Å². The highest BCUT2D eigenvalue weighted by Crippen LogP contribution is 2.50. The van der Waals surface area contributed by atoms with Crippen molar-refractivity contribution in [1.29, 1.82) is 0 Å². The second kappa shape index (κ2) is 7.82. The number of anilines is 1. The summed E-state index contributed by atoms with van der Waals surface area (Å²) in [6.07, 6.45) is 7.87. The van der Waals surface area contributed by atoms with E-state index in [-0.39, 0.29) is 11.9 Å². The van der Waals surface area contributed by atoms with Gasteiger partial charge in [0, 0.05) is 30.3 Å². The minimum atomic E-state index is 0.179. The van der Waals surface area contributed by atoms with Crippen LogP contribution in [0.1, 0.15) is 59.6 Å². The van der Waals surface area contributed by atoms with Gasteiger partial charge in [-0.05, 0) is 72.6 Å². The number of carbonyl (C=O) groups is 1. The smallest absolute Gasteiger partial charge is 0.253 e. The van der Waals surface area contributed by atoms with Gasteiger partial charge in [-0.25, -0.2) is 0 Å². The summed E-state index contributed by atoms with van der Waals surface area (Å²) in [6.45, 7) is 4.02. The van der Waals surface area contributed by atoms with Crippen LogP contribution in [0.4, 0.5) is 5.69 Å². The molecular formula is C26H30N2O2. The van der Waals surface area contributed by atoms with Crippen LogP contribution in [0.3, 0.4) is 0 Å². The molecule has 1 N–H and O–H groups in total. The van der Waals surface area contributed by atoms with Crippen LogP contribution in [-0.2, 0) is 0 Å². The summed E-state index contributed by atoms with van der Waals surface area (Å²) in [7, 11) is 1.71. The SMILES string of the molecule is COc1cccc(C2Nc3ccc(C(=O)N4CCC(C)CC4)cc3C3C=CCC32)c1. The fraction of sp³-hybridized carbons (Fsp3) is 0.423. The Bertz CT molecular complexity index is 975. The van der Waals surface area contributed by atoms with Gasteiger partial charge >= 0.3 is 0 Å². The summed E-state index contributed by atoms with van der Waals surface area (Å²) in [4.78, 5) is 15.1. The van der Waals surface area contributed by atoms with Crippen molar-refractivity contribution in [2.24, 2.45) is 11.8 Å². The van der Waals surface area contributed by atoms with E-state index in [9.17, 15) is 4.79 Å². The van der Waals surface area contributed by atoms with Gasteiger partial charge in [0.15, 0.2) is 0 Å². The van der Waals surface area contributed by atoms with Crippen molar-refractivity contribution in [2.45, 2.75) is 38.1 Å². The molecule has 30 heavy (non-hydrogen) atoms. The molecule has 1 fully saturated rings. The molecule has 4 heteroatoms. The second-order valence-corrected chi connectivity index (χ2v) is 9.03. The monoisotopic (exact) mass is 402 g/mol. The van der Waals surface area contributed by atoms with E-state index < -0.39 is 0 Å². The maximum absolute atomic E-state index is 13.1. The number of carbonyl (C=O) groups excluding carboxylic acids is 1. The number of nitrogens with zero attached hydrogens (tertiary/aromatic N) is 1. The minimum Gasteiger partial charge on any atom is -0.497 e.